The molecule has 0 aliphatic heterocycles. The van der Waals surface area contributed by atoms with Crippen molar-refractivity contribution in [2.24, 2.45) is 0 Å². The molecule has 0 radical (unpaired) electrons. The largest absolute Gasteiger partial charge is 0.470 e. The van der Waals surface area contributed by atoms with Crippen molar-refractivity contribution < 1.29 is 35.1 Å². The first kappa shape index (κ1) is 22.3. The van der Waals surface area contributed by atoms with E-state index in [0.29, 0.717) is 0 Å². The lowest BCUT2D eigenvalue weighted by Gasteiger charge is -2.19. The topological polar surface area (TPSA) is 99.3 Å². The first-order valence-corrected chi connectivity index (χ1v) is 11.1. The maximum Gasteiger partial charge on any atom is 0.456 e. The maximum absolute atomic E-state index is 13.0. The van der Waals surface area contributed by atoms with Crippen molar-refractivity contribution >= 4 is 15.5 Å². The number of ether oxygens (including phenoxy) is 1. The molecule has 3 aromatic heterocycles. The Labute approximate surface area is 178 Å². The SMILES string of the molecule is CCS(=O)(=O)c1nn2ccc(C3CC3)nc2c1-c1cnc(OCC(F)(F)C(F)(F)F)cn1. The highest BCUT2D eigenvalue weighted by Gasteiger charge is 2.58. The van der Waals surface area contributed by atoms with Crippen LogP contribution >= 0.6 is 0 Å². The number of hydrogen-bond donors (Lipinski definition) is 0. The van der Waals surface area contributed by atoms with Crippen LogP contribution in [-0.4, -0.2) is 57.4 Å². The average Bonchev–Trinajstić information content (AvgIpc) is 3.51. The summed E-state index contributed by atoms with van der Waals surface area (Å²) < 4.78 is 93.9. The van der Waals surface area contributed by atoms with Crippen LogP contribution in [0.25, 0.3) is 16.9 Å². The molecule has 3 aromatic rings. The molecule has 0 amide bonds. The number of alkyl halides is 5. The lowest BCUT2D eigenvalue weighted by atomic mass is 10.2. The number of hydrogen-bond acceptors (Lipinski definition) is 7. The van der Waals surface area contributed by atoms with Gasteiger partial charge in [-0.05, 0) is 18.9 Å². The van der Waals surface area contributed by atoms with E-state index in [2.05, 4.69) is 24.8 Å². The quantitative estimate of drug-likeness (QED) is 0.481. The second-order valence-electron chi connectivity index (χ2n) is 7.21. The van der Waals surface area contributed by atoms with Crippen LogP contribution in [0.1, 0.15) is 31.4 Å². The van der Waals surface area contributed by atoms with Gasteiger partial charge in [-0.1, -0.05) is 6.92 Å². The highest BCUT2D eigenvalue weighted by Crippen LogP contribution is 2.40. The van der Waals surface area contributed by atoms with Gasteiger partial charge in [0.15, 0.2) is 27.1 Å². The molecule has 8 nitrogen and oxygen atoms in total. The molecule has 0 bridgehead atoms. The van der Waals surface area contributed by atoms with E-state index in [9.17, 15) is 30.4 Å². The van der Waals surface area contributed by atoms with E-state index in [1.54, 1.807) is 12.3 Å². The second kappa shape index (κ2) is 7.60. The number of fused-ring (bicyclic) bond motifs is 1. The zero-order valence-electron chi connectivity index (χ0n) is 16.5. The van der Waals surface area contributed by atoms with Gasteiger partial charge in [-0.15, -0.1) is 0 Å². The van der Waals surface area contributed by atoms with E-state index in [-0.39, 0.29) is 33.6 Å². The standard InChI is InChI=1S/C18H16F5N5O3S/c1-2-32(29,30)16-14(15-26-11(10-3-4-10)5-6-28(15)27-16)12-7-25-13(8-24-12)31-9-17(19,20)18(21,22)23/h5-8,10H,2-4,9H2,1H3. The highest BCUT2D eigenvalue weighted by molar-refractivity contribution is 7.91. The first-order chi connectivity index (χ1) is 14.9. The fraction of sp³-hybridized carbons (Fsp3) is 0.444. The van der Waals surface area contributed by atoms with Gasteiger partial charge in [-0.2, -0.15) is 27.1 Å². The van der Waals surface area contributed by atoms with Crippen LogP contribution in [0, 0.1) is 0 Å². The van der Waals surface area contributed by atoms with Gasteiger partial charge < -0.3 is 4.74 Å². The van der Waals surface area contributed by atoms with Crippen molar-refractivity contribution in [2.45, 2.75) is 42.8 Å². The monoisotopic (exact) mass is 477 g/mol. The van der Waals surface area contributed by atoms with Gasteiger partial charge in [0, 0.05) is 17.8 Å². The van der Waals surface area contributed by atoms with Gasteiger partial charge in [0.05, 0.1) is 29.4 Å². The Hall–Kier alpha value is -2.90. The molecule has 0 saturated heterocycles. The molecule has 0 N–H and O–H groups in total. The number of nitrogens with zero attached hydrogens (tertiary/aromatic N) is 5. The lowest BCUT2D eigenvalue weighted by Crippen LogP contribution is -2.41. The van der Waals surface area contributed by atoms with E-state index in [4.69, 9.17) is 0 Å². The molecule has 32 heavy (non-hydrogen) atoms. The number of halogens is 5. The Bertz CT molecular complexity index is 1250. The molecule has 0 unspecified atom stereocenters. The maximum atomic E-state index is 13.0. The molecule has 0 atom stereocenters. The van der Waals surface area contributed by atoms with Gasteiger partial charge >= 0.3 is 12.1 Å². The van der Waals surface area contributed by atoms with Crippen LogP contribution in [-0.2, 0) is 9.84 Å². The Morgan fingerprint density at radius 1 is 1.16 bits per heavy atom. The minimum atomic E-state index is -5.77. The van der Waals surface area contributed by atoms with Crippen molar-refractivity contribution in [2.75, 3.05) is 12.4 Å². The second-order valence-corrected chi connectivity index (χ2v) is 9.40. The number of aromatic nitrogens is 5. The summed E-state index contributed by atoms with van der Waals surface area (Å²) in [6.07, 6.45) is -0.428. The van der Waals surface area contributed by atoms with Crippen molar-refractivity contribution in [1.29, 1.82) is 0 Å². The van der Waals surface area contributed by atoms with Crippen LogP contribution in [0.4, 0.5) is 22.0 Å². The van der Waals surface area contributed by atoms with E-state index in [0.717, 1.165) is 30.9 Å². The minimum absolute atomic E-state index is 0.00223. The van der Waals surface area contributed by atoms with Crippen molar-refractivity contribution in [3.8, 4) is 17.1 Å². The molecular weight excluding hydrogens is 461 g/mol. The third-order valence-electron chi connectivity index (χ3n) is 4.85. The van der Waals surface area contributed by atoms with Crippen LogP contribution in [0.15, 0.2) is 29.7 Å². The zero-order valence-corrected chi connectivity index (χ0v) is 17.3. The predicted octanol–water partition coefficient (Wildman–Crippen LogP) is 3.43. The lowest BCUT2D eigenvalue weighted by molar-refractivity contribution is -0.290. The number of sulfone groups is 1. The summed E-state index contributed by atoms with van der Waals surface area (Å²) in [7, 11) is -3.81. The summed E-state index contributed by atoms with van der Waals surface area (Å²) in [5.74, 6) is -5.63. The summed E-state index contributed by atoms with van der Waals surface area (Å²) in [6, 6.07) is 1.74. The van der Waals surface area contributed by atoms with Crippen LogP contribution in [0.3, 0.4) is 0 Å². The van der Waals surface area contributed by atoms with Gasteiger partial charge in [0.2, 0.25) is 5.88 Å². The molecular formula is C18H16F5N5O3S. The summed E-state index contributed by atoms with van der Waals surface area (Å²) in [6.45, 7) is -0.529. The van der Waals surface area contributed by atoms with Crippen LogP contribution in [0.2, 0.25) is 0 Å². The molecule has 1 fully saturated rings. The molecule has 172 valence electrons. The van der Waals surface area contributed by atoms with Gasteiger partial charge in [0.1, 0.15) is 0 Å². The Balaban J connectivity index is 1.72. The fourth-order valence-electron chi connectivity index (χ4n) is 2.87. The summed E-state index contributed by atoms with van der Waals surface area (Å²) in [4.78, 5) is 12.2. The average molecular weight is 477 g/mol. The molecule has 4 rings (SSSR count). The van der Waals surface area contributed by atoms with Crippen molar-refractivity contribution in [3.63, 3.8) is 0 Å². The molecule has 1 aliphatic rings. The third kappa shape index (κ3) is 4.10. The highest BCUT2D eigenvalue weighted by atomic mass is 32.2. The molecule has 0 aromatic carbocycles. The smallest absolute Gasteiger partial charge is 0.456 e. The Morgan fingerprint density at radius 2 is 1.88 bits per heavy atom. The third-order valence-corrected chi connectivity index (χ3v) is 6.48. The van der Waals surface area contributed by atoms with E-state index >= 15 is 0 Å². The Morgan fingerprint density at radius 3 is 2.44 bits per heavy atom. The van der Waals surface area contributed by atoms with E-state index in [1.165, 1.54) is 11.4 Å². The first-order valence-electron chi connectivity index (χ1n) is 9.45. The number of rotatable bonds is 7. The molecule has 0 spiro atoms. The van der Waals surface area contributed by atoms with Crippen molar-refractivity contribution in [3.05, 3.63) is 30.4 Å². The molecule has 14 heteroatoms. The zero-order chi connectivity index (χ0) is 23.3. The predicted molar refractivity (Wildman–Crippen MR) is 100 cm³/mol. The van der Waals surface area contributed by atoms with Crippen molar-refractivity contribution in [1.82, 2.24) is 24.6 Å². The molecule has 1 aliphatic carbocycles. The summed E-state index contributed by atoms with van der Waals surface area (Å²) in [5.41, 5.74) is 1.05. The molecule has 1 saturated carbocycles. The van der Waals surface area contributed by atoms with E-state index < -0.39 is 34.4 Å². The van der Waals surface area contributed by atoms with E-state index in [1.807, 2.05) is 0 Å². The normalized spacial score (nSPS) is 15.3. The summed E-state index contributed by atoms with van der Waals surface area (Å²) in [5, 5.41) is 3.83. The van der Waals surface area contributed by atoms with Gasteiger partial charge in [-0.25, -0.2) is 27.9 Å². The minimum Gasteiger partial charge on any atom is -0.470 e. The summed E-state index contributed by atoms with van der Waals surface area (Å²) >= 11 is 0. The van der Waals surface area contributed by atoms with Gasteiger partial charge in [-0.3, -0.25) is 0 Å². The van der Waals surface area contributed by atoms with Gasteiger partial charge in [0.25, 0.3) is 0 Å². The van der Waals surface area contributed by atoms with Crippen LogP contribution in [0.5, 0.6) is 5.88 Å². The molecule has 3 heterocycles. The van der Waals surface area contributed by atoms with Crippen LogP contribution < -0.4 is 4.74 Å². The fourth-order valence-corrected chi connectivity index (χ4v) is 3.87. The Kier molecular flexibility index (Phi) is 5.30.